The fourth-order valence-electron chi connectivity index (χ4n) is 6.62. The molecule has 0 radical (unpaired) electrons. The Kier molecular flexibility index (Phi) is 4.47. The SMILES string of the molecule is Nc1ccc(-n2c3c(c4ccc5c6ccccc6sc5c42)C=CCC3)c(-c2ccc3oc4ccccc4c3c2)c1. The van der Waals surface area contributed by atoms with Crippen molar-refractivity contribution in [3.63, 3.8) is 0 Å². The molecule has 8 aromatic rings. The monoisotopic (exact) mass is 532 g/mol. The van der Waals surface area contributed by atoms with E-state index in [2.05, 4.69) is 95.6 Å². The Morgan fingerprint density at radius 2 is 1.55 bits per heavy atom. The zero-order chi connectivity index (χ0) is 26.4. The number of hydrogen-bond donors (Lipinski definition) is 1. The Hall–Kier alpha value is -4.80. The molecule has 0 saturated heterocycles. The Bertz CT molecular complexity index is 2350. The Labute approximate surface area is 234 Å². The molecule has 0 bridgehead atoms. The van der Waals surface area contributed by atoms with Gasteiger partial charge >= 0.3 is 0 Å². The standard InChI is InChI=1S/C36H24N2OS/c37-22-14-17-31(28(20-22)21-13-18-33-29(19-21)24-8-2-5-11-32(24)39-33)38-30-10-4-1-7-23(30)26-15-16-27-25-9-3-6-12-34(25)40-36(27)35(26)38/h1-3,5-9,11-20H,4,10,37H2. The number of nitrogens with two attached hydrogens (primary N) is 1. The van der Waals surface area contributed by atoms with Crippen molar-refractivity contribution in [1.29, 1.82) is 0 Å². The van der Waals surface area contributed by atoms with Gasteiger partial charge < -0.3 is 14.7 Å². The van der Waals surface area contributed by atoms with Crippen molar-refractivity contribution >= 4 is 76.1 Å². The van der Waals surface area contributed by atoms with Crippen molar-refractivity contribution in [2.75, 3.05) is 5.73 Å². The zero-order valence-electron chi connectivity index (χ0n) is 21.6. The van der Waals surface area contributed by atoms with Crippen molar-refractivity contribution < 1.29 is 4.42 Å². The number of fused-ring (bicyclic) bond motifs is 10. The van der Waals surface area contributed by atoms with Crippen LogP contribution in [-0.4, -0.2) is 4.57 Å². The van der Waals surface area contributed by atoms with Gasteiger partial charge in [-0.1, -0.05) is 66.7 Å². The molecule has 9 rings (SSSR count). The predicted molar refractivity (Wildman–Crippen MR) is 171 cm³/mol. The Balaban J connectivity index is 1.40. The van der Waals surface area contributed by atoms with E-state index in [-0.39, 0.29) is 0 Å². The number of thiophene rings is 1. The van der Waals surface area contributed by atoms with E-state index in [1.54, 1.807) is 0 Å². The quantitative estimate of drug-likeness (QED) is 0.225. The summed E-state index contributed by atoms with van der Waals surface area (Å²) in [5.41, 5.74) is 16.4. The molecular weight excluding hydrogens is 508 g/mol. The summed E-state index contributed by atoms with van der Waals surface area (Å²) in [4.78, 5) is 0. The molecule has 190 valence electrons. The van der Waals surface area contributed by atoms with Gasteiger partial charge in [0.1, 0.15) is 11.2 Å². The lowest BCUT2D eigenvalue weighted by molar-refractivity contribution is 0.669. The summed E-state index contributed by atoms with van der Waals surface area (Å²) in [5.74, 6) is 0. The minimum absolute atomic E-state index is 0.758. The van der Waals surface area contributed by atoms with E-state index in [1.165, 1.54) is 42.3 Å². The fourth-order valence-corrected chi connectivity index (χ4v) is 7.86. The van der Waals surface area contributed by atoms with E-state index in [1.807, 2.05) is 29.5 Å². The third kappa shape index (κ3) is 3.00. The number of benzene rings is 5. The highest BCUT2D eigenvalue weighted by Gasteiger charge is 2.24. The van der Waals surface area contributed by atoms with Crippen molar-refractivity contribution in [3.05, 3.63) is 114 Å². The maximum atomic E-state index is 6.46. The maximum Gasteiger partial charge on any atom is 0.135 e. The van der Waals surface area contributed by atoms with Gasteiger partial charge in [-0.25, -0.2) is 0 Å². The van der Waals surface area contributed by atoms with E-state index in [4.69, 9.17) is 10.2 Å². The number of aromatic nitrogens is 1. The summed E-state index contributed by atoms with van der Waals surface area (Å²) < 4.78 is 11.3. The number of furan rings is 1. The predicted octanol–water partition coefficient (Wildman–Crippen LogP) is 10.1. The number of anilines is 1. The average molecular weight is 533 g/mol. The van der Waals surface area contributed by atoms with E-state index < -0.39 is 0 Å². The molecule has 0 atom stereocenters. The maximum absolute atomic E-state index is 6.46. The molecule has 0 saturated carbocycles. The number of para-hydroxylation sites is 1. The van der Waals surface area contributed by atoms with Crippen LogP contribution in [0.1, 0.15) is 17.7 Å². The molecule has 0 spiro atoms. The minimum atomic E-state index is 0.758. The van der Waals surface area contributed by atoms with Crippen LogP contribution in [-0.2, 0) is 6.42 Å². The van der Waals surface area contributed by atoms with Gasteiger partial charge in [0.25, 0.3) is 0 Å². The number of allylic oxidation sites excluding steroid dienone is 1. The largest absolute Gasteiger partial charge is 0.456 e. The number of rotatable bonds is 2. The van der Waals surface area contributed by atoms with Crippen molar-refractivity contribution in [1.82, 2.24) is 4.57 Å². The van der Waals surface area contributed by atoms with Crippen molar-refractivity contribution in [2.45, 2.75) is 12.8 Å². The number of hydrogen-bond acceptors (Lipinski definition) is 3. The van der Waals surface area contributed by atoms with Crippen LogP contribution in [0, 0.1) is 0 Å². The first-order valence-corrected chi connectivity index (χ1v) is 14.5. The molecule has 1 aliphatic rings. The molecule has 0 fully saturated rings. The molecule has 2 N–H and O–H groups in total. The Morgan fingerprint density at radius 1 is 0.725 bits per heavy atom. The lowest BCUT2D eigenvalue weighted by Crippen LogP contribution is -2.05. The summed E-state index contributed by atoms with van der Waals surface area (Å²) in [5, 5.41) is 6.20. The van der Waals surface area contributed by atoms with Crippen molar-refractivity contribution in [2.24, 2.45) is 0 Å². The highest BCUT2D eigenvalue weighted by Crippen LogP contribution is 2.45. The molecule has 0 amide bonds. The van der Waals surface area contributed by atoms with E-state index >= 15 is 0 Å². The topological polar surface area (TPSA) is 44.1 Å². The first-order chi connectivity index (χ1) is 19.7. The molecule has 1 aliphatic carbocycles. The van der Waals surface area contributed by atoms with Crippen LogP contribution in [0.4, 0.5) is 5.69 Å². The lowest BCUT2D eigenvalue weighted by atomic mass is 9.99. The fraction of sp³-hybridized carbons (Fsp3) is 0.0556. The molecule has 0 unspecified atom stereocenters. The first kappa shape index (κ1) is 22.1. The van der Waals surface area contributed by atoms with Crippen LogP contribution in [0.3, 0.4) is 0 Å². The van der Waals surface area contributed by atoms with Gasteiger partial charge in [-0.15, -0.1) is 11.3 Å². The summed E-state index contributed by atoms with van der Waals surface area (Å²) in [6, 6.07) is 34.5. The molecule has 3 nitrogen and oxygen atoms in total. The second-order valence-corrected chi connectivity index (χ2v) is 11.7. The molecule has 3 aromatic heterocycles. The summed E-state index contributed by atoms with van der Waals surface area (Å²) in [7, 11) is 0. The summed E-state index contributed by atoms with van der Waals surface area (Å²) in [6.45, 7) is 0. The molecule has 5 aromatic carbocycles. The normalized spacial score (nSPS) is 13.3. The summed E-state index contributed by atoms with van der Waals surface area (Å²) >= 11 is 1.89. The smallest absolute Gasteiger partial charge is 0.135 e. The van der Waals surface area contributed by atoms with Crippen LogP contribution < -0.4 is 5.73 Å². The highest BCUT2D eigenvalue weighted by atomic mass is 32.1. The zero-order valence-corrected chi connectivity index (χ0v) is 22.5. The molecule has 40 heavy (non-hydrogen) atoms. The Morgan fingerprint density at radius 3 is 2.50 bits per heavy atom. The van der Waals surface area contributed by atoms with Crippen LogP contribution in [0.25, 0.3) is 75.9 Å². The van der Waals surface area contributed by atoms with Gasteiger partial charge in [-0.3, -0.25) is 0 Å². The number of nitrogens with zero attached hydrogens (tertiary/aromatic N) is 1. The van der Waals surface area contributed by atoms with Crippen LogP contribution in [0.2, 0.25) is 0 Å². The lowest BCUT2D eigenvalue weighted by Gasteiger charge is -2.18. The first-order valence-electron chi connectivity index (χ1n) is 13.7. The van der Waals surface area contributed by atoms with Crippen LogP contribution >= 0.6 is 11.3 Å². The van der Waals surface area contributed by atoms with Gasteiger partial charge in [0.15, 0.2) is 0 Å². The van der Waals surface area contributed by atoms with Crippen LogP contribution in [0.5, 0.6) is 0 Å². The molecule has 0 aliphatic heterocycles. The second kappa shape index (κ2) is 8.10. The summed E-state index contributed by atoms with van der Waals surface area (Å²) in [6.07, 6.45) is 6.67. The van der Waals surface area contributed by atoms with Gasteiger partial charge in [0.2, 0.25) is 0 Å². The van der Waals surface area contributed by atoms with E-state index in [9.17, 15) is 0 Å². The van der Waals surface area contributed by atoms with E-state index in [0.29, 0.717) is 0 Å². The van der Waals surface area contributed by atoms with Crippen LogP contribution in [0.15, 0.2) is 108 Å². The minimum Gasteiger partial charge on any atom is -0.456 e. The van der Waals surface area contributed by atoms with E-state index in [0.717, 1.165) is 57.3 Å². The second-order valence-electron chi connectivity index (χ2n) is 10.7. The van der Waals surface area contributed by atoms with Gasteiger partial charge in [0, 0.05) is 54.1 Å². The highest BCUT2D eigenvalue weighted by molar-refractivity contribution is 7.26. The van der Waals surface area contributed by atoms with Gasteiger partial charge in [-0.05, 0) is 60.9 Å². The number of nitrogen functional groups attached to an aromatic ring is 1. The third-order valence-corrected chi connectivity index (χ3v) is 9.59. The third-order valence-electron chi connectivity index (χ3n) is 8.40. The molecule has 3 heterocycles. The average Bonchev–Trinajstić information content (AvgIpc) is 3.66. The molecular formula is C36H24N2OS. The van der Waals surface area contributed by atoms with Gasteiger partial charge in [-0.2, -0.15) is 0 Å². The van der Waals surface area contributed by atoms with Crippen molar-refractivity contribution in [3.8, 4) is 16.8 Å². The molecule has 4 heteroatoms. The van der Waals surface area contributed by atoms with Gasteiger partial charge in [0.05, 0.1) is 15.9 Å².